The van der Waals surface area contributed by atoms with Gasteiger partial charge in [-0.2, -0.15) is 0 Å². The largest absolute Gasteiger partial charge is 0.366 e. The summed E-state index contributed by atoms with van der Waals surface area (Å²) in [5.41, 5.74) is 0. The maximum atomic E-state index is 5.69. The van der Waals surface area contributed by atoms with Crippen molar-refractivity contribution in [1.29, 1.82) is 0 Å². The predicted molar refractivity (Wildman–Crippen MR) is 56.6 cm³/mol. The molecule has 1 saturated heterocycles. The highest BCUT2D eigenvalue weighted by molar-refractivity contribution is 6.28. The van der Waals surface area contributed by atoms with Crippen molar-refractivity contribution in [2.45, 2.75) is 12.5 Å². The van der Waals surface area contributed by atoms with Gasteiger partial charge in [0.05, 0.1) is 0 Å². The molecule has 0 spiro atoms. The molecule has 0 bridgehead atoms. The molecule has 76 valence electrons. The van der Waals surface area contributed by atoms with Crippen LogP contribution in [0.4, 0.5) is 5.82 Å². The van der Waals surface area contributed by atoms with Crippen LogP contribution >= 0.6 is 11.6 Å². The van der Waals surface area contributed by atoms with E-state index in [1.807, 2.05) is 6.07 Å². The average Bonchev–Trinajstić information content (AvgIpc) is 2.51. The minimum atomic E-state index is 0.293. The summed E-state index contributed by atoms with van der Waals surface area (Å²) in [6.07, 6.45) is 2.81. The van der Waals surface area contributed by atoms with E-state index in [9.17, 15) is 0 Å². The van der Waals surface area contributed by atoms with Gasteiger partial charge in [-0.3, -0.25) is 0 Å². The van der Waals surface area contributed by atoms with Crippen LogP contribution in [0, 0.1) is 0 Å². The zero-order valence-electron chi connectivity index (χ0n) is 8.07. The quantitative estimate of drug-likeness (QED) is 0.750. The van der Waals surface area contributed by atoms with E-state index in [0.29, 0.717) is 11.3 Å². The molecule has 0 aromatic carbocycles. The van der Waals surface area contributed by atoms with E-state index in [-0.39, 0.29) is 0 Å². The van der Waals surface area contributed by atoms with Gasteiger partial charge in [0.1, 0.15) is 5.82 Å². The van der Waals surface area contributed by atoms with Crippen molar-refractivity contribution < 1.29 is 0 Å². The third-order valence-corrected chi connectivity index (χ3v) is 2.55. The molecule has 14 heavy (non-hydrogen) atoms. The van der Waals surface area contributed by atoms with Gasteiger partial charge in [0.25, 0.3) is 0 Å². The fourth-order valence-electron chi connectivity index (χ4n) is 1.68. The second-order valence-electron chi connectivity index (χ2n) is 3.60. The summed E-state index contributed by atoms with van der Waals surface area (Å²) >= 11 is 5.69. The summed E-state index contributed by atoms with van der Waals surface area (Å²) in [4.78, 5) is 10.2. The standard InChI is InChI=1S/C9H13ClN4/c1-14-5-3-7(6-14)12-8-2-4-11-9(10)13-8/h2,4,7H,3,5-6H2,1H3,(H,11,12,13). The van der Waals surface area contributed by atoms with Gasteiger partial charge < -0.3 is 10.2 Å². The smallest absolute Gasteiger partial charge is 0.224 e. The molecule has 1 N–H and O–H groups in total. The van der Waals surface area contributed by atoms with Crippen LogP contribution in [0.15, 0.2) is 12.3 Å². The Morgan fingerprint density at radius 2 is 2.50 bits per heavy atom. The Labute approximate surface area is 88.3 Å². The SMILES string of the molecule is CN1CCC(Nc2ccnc(Cl)n2)C1. The average molecular weight is 213 g/mol. The molecule has 1 fully saturated rings. The van der Waals surface area contributed by atoms with Crippen molar-refractivity contribution in [1.82, 2.24) is 14.9 Å². The van der Waals surface area contributed by atoms with Gasteiger partial charge in [0, 0.05) is 18.8 Å². The molecule has 0 aliphatic carbocycles. The second-order valence-corrected chi connectivity index (χ2v) is 3.94. The first-order valence-electron chi connectivity index (χ1n) is 4.67. The molecule has 0 amide bonds. The van der Waals surface area contributed by atoms with Gasteiger partial charge in [-0.15, -0.1) is 0 Å². The number of nitrogens with one attached hydrogen (secondary N) is 1. The van der Waals surface area contributed by atoms with Crippen LogP contribution < -0.4 is 5.32 Å². The van der Waals surface area contributed by atoms with Crippen molar-refractivity contribution in [2.75, 3.05) is 25.5 Å². The Morgan fingerprint density at radius 3 is 3.14 bits per heavy atom. The molecule has 1 aromatic heterocycles. The molecule has 1 aliphatic rings. The van der Waals surface area contributed by atoms with E-state index in [0.717, 1.165) is 25.3 Å². The summed E-state index contributed by atoms with van der Waals surface area (Å²) in [5.74, 6) is 0.810. The highest BCUT2D eigenvalue weighted by Gasteiger charge is 2.19. The fraction of sp³-hybridized carbons (Fsp3) is 0.556. The summed E-state index contributed by atoms with van der Waals surface area (Å²) < 4.78 is 0. The number of likely N-dealkylation sites (N-methyl/N-ethyl adjacent to an activating group) is 1. The van der Waals surface area contributed by atoms with E-state index in [1.165, 1.54) is 0 Å². The van der Waals surface area contributed by atoms with Crippen LogP contribution in [0.1, 0.15) is 6.42 Å². The van der Waals surface area contributed by atoms with Gasteiger partial charge in [-0.25, -0.2) is 9.97 Å². The van der Waals surface area contributed by atoms with Crippen LogP contribution in [-0.4, -0.2) is 41.0 Å². The molecule has 1 atom stereocenters. The predicted octanol–water partition coefficient (Wildman–Crippen LogP) is 1.25. The van der Waals surface area contributed by atoms with E-state index < -0.39 is 0 Å². The van der Waals surface area contributed by atoms with E-state index in [4.69, 9.17) is 11.6 Å². The van der Waals surface area contributed by atoms with Crippen molar-refractivity contribution in [2.24, 2.45) is 0 Å². The van der Waals surface area contributed by atoms with Gasteiger partial charge in [-0.05, 0) is 37.7 Å². The lowest BCUT2D eigenvalue weighted by Crippen LogP contribution is -2.23. The van der Waals surface area contributed by atoms with Crippen LogP contribution in [0.2, 0.25) is 5.28 Å². The Hall–Kier alpha value is -0.870. The number of anilines is 1. The number of nitrogens with zero attached hydrogens (tertiary/aromatic N) is 3. The van der Waals surface area contributed by atoms with Gasteiger partial charge in [-0.1, -0.05) is 0 Å². The minimum absolute atomic E-state index is 0.293. The van der Waals surface area contributed by atoms with Crippen LogP contribution in [0.5, 0.6) is 0 Å². The molecule has 0 radical (unpaired) electrons. The van der Waals surface area contributed by atoms with Crippen molar-refractivity contribution in [3.63, 3.8) is 0 Å². The first-order valence-corrected chi connectivity index (χ1v) is 5.05. The van der Waals surface area contributed by atoms with E-state index in [1.54, 1.807) is 6.20 Å². The van der Waals surface area contributed by atoms with Gasteiger partial charge >= 0.3 is 0 Å². The van der Waals surface area contributed by atoms with Crippen LogP contribution in [-0.2, 0) is 0 Å². The first kappa shape index (κ1) is 9.68. The summed E-state index contributed by atoms with van der Waals surface area (Å²) in [6, 6.07) is 2.32. The molecular formula is C9H13ClN4. The second kappa shape index (κ2) is 4.11. The number of hydrogen-bond donors (Lipinski definition) is 1. The zero-order valence-corrected chi connectivity index (χ0v) is 8.83. The van der Waals surface area contributed by atoms with E-state index >= 15 is 0 Å². The molecule has 5 heteroatoms. The lowest BCUT2D eigenvalue weighted by Gasteiger charge is -2.12. The minimum Gasteiger partial charge on any atom is -0.366 e. The molecule has 4 nitrogen and oxygen atoms in total. The third-order valence-electron chi connectivity index (χ3n) is 2.37. The molecule has 1 aliphatic heterocycles. The van der Waals surface area contributed by atoms with Crippen LogP contribution in [0.25, 0.3) is 0 Å². The number of hydrogen-bond acceptors (Lipinski definition) is 4. The molecule has 1 unspecified atom stereocenters. The third kappa shape index (κ3) is 2.33. The normalized spacial score (nSPS) is 22.6. The summed E-state index contributed by atoms with van der Waals surface area (Å²) in [7, 11) is 2.12. The number of halogens is 1. The van der Waals surface area contributed by atoms with Crippen molar-refractivity contribution in [3.8, 4) is 0 Å². The first-order chi connectivity index (χ1) is 6.74. The highest BCUT2D eigenvalue weighted by atomic mass is 35.5. The molecule has 2 heterocycles. The van der Waals surface area contributed by atoms with Crippen LogP contribution in [0.3, 0.4) is 0 Å². The molecular weight excluding hydrogens is 200 g/mol. The monoisotopic (exact) mass is 212 g/mol. The fourth-order valence-corrected chi connectivity index (χ4v) is 1.82. The Bertz CT molecular complexity index is 317. The molecule has 0 saturated carbocycles. The lowest BCUT2D eigenvalue weighted by molar-refractivity contribution is 0.414. The number of aromatic nitrogens is 2. The van der Waals surface area contributed by atoms with Gasteiger partial charge in [0.15, 0.2) is 0 Å². The topological polar surface area (TPSA) is 41.0 Å². The maximum absolute atomic E-state index is 5.69. The lowest BCUT2D eigenvalue weighted by atomic mass is 10.2. The molecule has 1 aromatic rings. The Balaban J connectivity index is 1.97. The summed E-state index contributed by atoms with van der Waals surface area (Å²) in [5, 5.41) is 3.63. The number of rotatable bonds is 2. The van der Waals surface area contributed by atoms with Gasteiger partial charge in [0.2, 0.25) is 5.28 Å². The zero-order chi connectivity index (χ0) is 9.97. The highest BCUT2D eigenvalue weighted by Crippen LogP contribution is 2.13. The number of likely N-dealkylation sites (tertiary alicyclic amines) is 1. The van der Waals surface area contributed by atoms with Crippen molar-refractivity contribution in [3.05, 3.63) is 17.5 Å². The Kier molecular flexibility index (Phi) is 2.84. The van der Waals surface area contributed by atoms with Crippen molar-refractivity contribution >= 4 is 17.4 Å². The summed E-state index contributed by atoms with van der Waals surface area (Å²) in [6.45, 7) is 2.19. The molecule has 2 rings (SSSR count). The Morgan fingerprint density at radius 1 is 1.64 bits per heavy atom. The van der Waals surface area contributed by atoms with E-state index in [2.05, 4.69) is 27.2 Å². The maximum Gasteiger partial charge on any atom is 0.224 e.